The standard InChI is InChI=1S/C18H21FN2O2.ClH/c1-12(14-8-9-17(23-2)15(19)11-14)21-18(22)16(20)10-13-6-4-3-5-7-13;/h3-9,11-12,16H,10,20H2,1-2H3,(H,21,22);1H/t12?,16-;/m0./s1. The van der Waals surface area contributed by atoms with Crippen LogP contribution < -0.4 is 15.8 Å². The zero-order chi connectivity index (χ0) is 16.8. The van der Waals surface area contributed by atoms with Crippen LogP contribution in [0.3, 0.4) is 0 Å². The molecule has 0 bridgehead atoms. The van der Waals surface area contributed by atoms with Crippen molar-refractivity contribution in [3.05, 3.63) is 65.5 Å². The SMILES string of the molecule is COc1ccc(C(C)NC(=O)[C@@H](N)Cc2ccccc2)cc1F.Cl. The maximum Gasteiger partial charge on any atom is 0.237 e. The molecule has 0 heterocycles. The zero-order valence-electron chi connectivity index (χ0n) is 13.7. The number of methoxy groups -OCH3 is 1. The molecule has 6 heteroatoms. The lowest BCUT2D eigenvalue weighted by molar-refractivity contribution is -0.123. The third-order valence-electron chi connectivity index (χ3n) is 3.67. The van der Waals surface area contributed by atoms with Crippen molar-refractivity contribution in [2.75, 3.05) is 7.11 Å². The summed E-state index contributed by atoms with van der Waals surface area (Å²) in [6, 6.07) is 13.2. The molecule has 0 fully saturated rings. The summed E-state index contributed by atoms with van der Waals surface area (Å²) < 4.78 is 18.6. The highest BCUT2D eigenvalue weighted by molar-refractivity contribution is 5.85. The van der Waals surface area contributed by atoms with Crippen LogP contribution in [0.15, 0.2) is 48.5 Å². The Morgan fingerprint density at radius 3 is 2.50 bits per heavy atom. The van der Waals surface area contributed by atoms with Crippen molar-refractivity contribution in [1.82, 2.24) is 5.32 Å². The monoisotopic (exact) mass is 352 g/mol. The van der Waals surface area contributed by atoms with Gasteiger partial charge < -0.3 is 15.8 Å². The number of hydrogen-bond acceptors (Lipinski definition) is 3. The number of halogens is 2. The molecule has 130 valence electrons. The molecule has 2 rings (SSSR count). The third kappa shape index (κ3) is 5.22. The Labute approximate surface area is 147 Å². The average Bonchev–Trinajstić information content (AvgIpc) is 2.55. The Balaban J connectivity index is 0.00000288. The van der Waals surface area contributed by atoms with Gasteiger partial charge in [0.25, 0.3) is 0 Å². The molecule has 0 aliphatic rings. The fourth-order valence-corrected chi connectivity index (χ4v) is 2.32. The van der Waals surface area contributed by atoms with Crippen molar-refractivity contribution in [3.63, 3.8) is 0 Å². The largest absolute Gasteiger partial charge is 0.494 e. The zero-order valence-corrected chi connectivity index (χ0v) is 14.5. The summed E-state index contributed by atoms with van der Waals surface area (Å²) in [5.74, 6) is -0.551. The summed E-state index contributed by atoms with van der Waals surface area (Å²) in [6.07, 6.45) is 0.455. The van der Waals surface area contributed by atoms with Gasteiger partial charge in [-0.25, -0.2) is 4.39 Å². The van der Waals surface area contributed by atoms with Crippen molar-refractivity contribution in [3.8, 4) is 5.75 Å². The fraction of sp³-hybridized carbons (Fsp3) is 0.278. The molecule has 2 aromatic rings. The van der Waals surface area contributed by atoms with Crippen LogP contribution in [0.2, 0.25) is 0 Å². The minimum absolute atomic E-state index is 0. The van der Waals surface area contributed by atoms with E-state index in [0.717, 1.165) is 5.56 Å². The molecule has 1 amide bonds. The number of nitrogens with one attached hydrogen (secondary N) is 1. The lowest BCUT2D eigenvalue weighted by Crippen LogP contribution is -2.42. The molecule has 24 heavy (non-hydrogen) atoms. The van der Waals surface area contributed by atoms with Gasteiger partial charge in [-0.2, -0.15) is 0 Å². The third-order valence-corrected chi connectivity index (χ3v) is 3.67. The molecule has 1 unspecified atom stereocenters. The van der Waals surface area contributed by atoms with Gasteiger partial charge in [0.15, 0.2) is 11.6 Å². The highest BCUT2D eigenvalue weighted by atomic mass is 35.5. The maximum atomic E-state index is 13.7. The normalized spacial score (nSPS) is 12.7. The van der Waals surface area contributed by atoms with Crippen molar-refractivity contribution in [2.24, 2.45) is 5.73 Å². The van der Waals surface area contributed by atoms with Gasteiger partial charge in [0.1, 0.15) is 0 Å². The molecule has 0 aliphatic heterocycles. The first-order valence-corrected chi connectivity index (χ1v) is 7.44. The Bertz CT molecular complexity index is 667. The number of carbonyl (C=O) groups is 1. The van der Waals surface area contributed by atoms with Crippen molar-refractivity contribution >= 4 is 18.3 Å². The van der Waals surface area contributed by atoms with Crippen LogP contribution in [-0.4, -0.2) is 19.1 Å². The highest BCUT2D eigenvalue weighted by Gasteiger charge is 2.18. The minimum Gasteiger partial charge on any atom is -0.494 e. The molecular formula is C18H22ClFN2O2. The highest BCUT2D eigenvalue weighted by Crippen LogP contribution is 2.21. The molecule has 0 saturated carbocycles. The average molecular weight is 353 g/mol. The maximum absolute atomic E-state index is 13.7. The summed E-state index contributed by atoms with van der Waals surface area (Å²) in [5.41, 5.74) is 7.60. The van der Waals surface area contributed by atoms with Crippen LogP contribution in [0.4, 0.5) is 4.39 Å². The summed E-state index contributed by atoms with van der Waals surface area (Å²) in [5, 5.41) is 2.81. The summed E-state index contributed by atoms with van der Waals surface area (Å²) in [7, 11) is 1.41. The van der Waals surface area contributed by atoms with Crippen LogP contribution in [0.5, 0.6) is 5.75 Å². The first-order chi connectivity index (χ1) is 11.0. The number of amides is 1. The van der Waals surface area contributed by atoms with Gasteiger partial charge in [-0.05, 0) is 36.6 Å². The number of benzene rings is 2. The molecular weight excluding hydrogens is 331 g/mol. The van der Waals surface area contributed by atoms with Crippen molar-refractivity contribution < 1.29 is 13.9 Å². The summed E-state index contributed by atoms with van der Waals surface area (Å²) in [4.78, 5) is 12.2. The van der Waals surface area contributed by atoms with Crippen LogP contribution in [0.25, 0.3) is 0 Å². The number of rotatable bonds is 6. The Kier molecular flexibility index (Phi) is 7.68. The number of ether oxygens (including phenoxy) is 1. The first kappa shape index (κ1) is 19.9. The summed E-state index contributed by atoms with van der Waals surface area (Å²) >= 11 is 0. The van der Waals surface area contributed by atoms with Crippen LogP contribution in [0, 0.1) is 5.82 Å². The van der Waals surface area contributed by atoms with Gasteiger partial charge >= 0.3 is 0 Å². The molecule has 0 aliphatic carbocycles. The van der Waals surface area contributed by atoms with Crippen LogP contribution >= 0.6 is 12.4 Å². The number of hydrogen-bond donors (Lipinski definition) is 2. The first-order valence-electron chi connectivity index (χ1n) is 7.44. The minimum atomic E-state index is -0.650. The molecule has 0 radical (unpaired) electrons. The summed E-state index contributed by atoms with van der Waals surface area (Å²) in [6.45, 7) is 1.79. The van der Waals surface area contributed by atoms with Gasteiger partial charge in [-0.1, -0.05) is 36.4 Å². The number of nitrogens with two attached hydrogens (primary N) is 1. The van der Waals surface area contributed by atoms with Gasteiger partial charge in [-0.3, -0.25) is 4.79 Å². The molecule has 4 nitrogen and oxygen atoms in total. The van der Waals surface area contributed by atoms with E-state index in [1.54, 1.807) is 13.0 Å². The lowest BCUT2D eigenvalue weighted by Gasteiger charge is -2.18. The van der Waals surface area contributed by atoms with Crippen LogP contribution in [0.1, 0.15) is 24.1 Å². The van der Waals surface area contributed by atoms with Gasteiger partial charge in [-0.15, -0.1) is 12.4 Å². The lowest BCUT2D eigenvalue weighted by atomic mass is 10.0. The topological polar surface area (TPSA) is 64.3 Å². The van der Waals surface area contributed by atoms with E-state index >= 15 is 0 Å². The molecule has 0 aromatic heterocycles. The van der Waals surface area contributed by atoms with E-state index < -0.39 is 11.9 Å². The Morgan fingerprint density at radius 1 is 1.25 bits per heavy atom. The van der Waals surface area contributed by atoms with E-state index in [1.165, 1.54) is 19.2 Å². The van der Waals surface area contributed by atoms with Crippen molar-refractivity contribution in [1.29, 1.82) is 0 Å². The smallest absolute Gasteiger partial charge is 0.237 e. The second kappa shape index (κ2) is 9.25. The second-order valence-corrected chi connectivity index (χ2v) is 5.42. The number of carbonyl (C=O) groups excluding carboxylic acids is 1. The van der Waals surface area contributed by atoms with E-state index in [9.17, 15) is 9.18 Å². The Hall–Kier alpha value is -2.11. The van der Waals surface area contributed by atoms with Gasteiger partial charge in [0.05, 0.1) is 19.2 Å². The Morgan fingerprint density at radius 2 is 1.92 bits per heavy atom. The van der Waals surface area contributed by atoms with E-state index in [2.05, 4.69) is 5.32 Å². The van der Waals surface area contributed by atoms with Gasteiger partial charge in [0, 0.05) is 0 Å². The van der Waals surface area contributed by atoms with E-state index in [0.29, 0.717) is 12.0 Å². The van der Waals surface area contributed by atoms with E-state index in [-0.39, 0.29) is 30.1 Å². The second-order valence-electron chi connectivity index (χ2n) is 5.42. The van der Waals surface area contributed by atoms with Crippen LogP contribution in [-0.2, 0) is 11.2 Å². The van der Waals surface area contributed by atoms with E-state index in [1.807, 2.05) is 30.3 Å². The van der Waals surface area contributed by atoms with Crippen molar-refractivity contribution in [2.45, 2.75) is 25.4 Å². The van der Waals surface area contributed by atoms with Gasteiger partial charge in [0.2, 0.25) is 5.91 Å². The molecule has 0 spiro atoms. The molecule has 2 aromatic carbocycles. The predicted octanol–water partition coefficient (Wildman–Crippen LogP) is 3.00. The quantitative estimate of drug-likeness (QED) is 0.840. The van der Waals surface area contributed by atoms with E-state index in [4.69, 9.17) is 10.5 Å². The molecule has 2 atom stereocenters. The molecule has 0 saturated heterocycles. The molecule has 3 N–H and O–H groups in total. The predicted molar refractivity (Wildman–Crippen MR) is 94.9 cm³/mol. The fourth-order valence-electron chi connectivity index (χ4n) is 2.32.